The monoisotopic (exact) mass is 229 g/mol. The number of pyridine rings is 1. The predicted octanol–water partition coefficient (Wildman–Crippen LogP) is 1.95. The third-order valence-corrected chi connectivity index (χ3v) is 3.39. The maximum atomic E-state index is 12.0. The molecule has 0 bridgehead atoms. The van der Waals surface area contributed by atoms with Gasteiger partial charge in [0, 0.05) is 12.4 Å². The molecule has 0 radical (unpaired) electrons. The van der Waals surface area contributed by atoms with Gasteiger partial charge < -0.3 is 5.32 Å². The number of hydrogen-bond donors (Lipinski definition) is 1. The zero-order chi connectivity index (χ0) is 12.3. The molecule has 1 unspecified atom stereocenters. The molecule has 0 spiro atoms. The van der Waals surface area contributed by atoms with Crippen LogP contribution in [0.15, 0.2) is 24.5 Å². The van der Waals surface area contributed by atoms with Gasteiger partial charge in [0.1, 0.15) is 5.41 Å². The second-order valence-electron chi connectivity index (χ2n) is 4.53. The maximum Gasteiger partial charge on any atom is 0.240 e. The Balaban J connectivity index is 2.03. The van der Waals surface area contributed by atoms with E-state index in [4.69, 9.17) is 5.26 Å². The summed E-state index contributed by atoms with van der Waals surface area (Å²) >= 11 is 0. The Hall–Kier alpha value is -1.89. The van der Waals surface area contributed by atoms with Gasteiger partial charge in [-0.2, -0.15) is 5.26 Å². The first-order chi connectivity index (χ1) is 8.18. The normalized spacial score (nSPS) is 18.6. The molecule has 1 aliphatic carbocycles. The van der Waals surface area contributed by atoms with E-state index in [0.29, 0.717) is 12.8 Å². The first kappa shape index (κ1) is 11.6. The molecule has 1 N–H and O–H groups in total. The Morgan fingerprint density at radius 3 is 2.88 bits per heavy atom. The van der Waals surface area contributed by atoms with Crippen molar-refractivity contribution in [3.63, 3.8) is 0 Å². The van der Waals surface area contributed by atoms with Gasteiger partial charge in [-0.15, -0.1) is 0 Å². The van der Waals surface area contributed by atoms with E-state index in [1.807, 2.05) is 19.1 Å². The summed E-state index contributed by atoms with van der Waals surface area (Å²) < 4.78 is 0. The van der Waals surface area contributed by atoms with Crippen molar-refractivity contribution < 1.29 is 4.79 Å². The highest BCUT2D eigenvalue weighted by Crippen LogP contribution is 2.40. The summed E-state index contributed by atoms with van der Waals surface area (Å²) in [5, 5.41) is 12.0. The fraction of sp³-hybridized carbons (Fsp3) is 0.462. The number of nitriles is 1. The van der Waals surface area contributed by atoms with Gasteiger partial charge in [0.15, 0.2) is 0 Å². The van der Waals surface area contributed by atoms with Crippen LogP contribution < -0.4 is 5.32 Å². The molecule has 1 fully saturated rings. The molecule has 4 heteroatoms. The van der Waals surface area contributed by atoms with Crippen molar-refractivity contribution in [2.45, 2.75) is 32.2 Å². The van der Waals surface area contributed by atoms with Crippen LogP contribution in [0.1, 0.15) is 37.8 Å². The first-order valence-corrected chi connectivity index (χ1v) is 5.80. The van der Waals surface area contributed by atoms with Gasteiger partial charge in [-0.1, -0.05) is 6.07 Å². The molecule has 1 aromatic rings. The molecule has 88 valence electrons. The smallest absolute Gasteiger partial charge is 0.240 e. The summed E-state index contributed by atoms with van der Waals surface area (Å²) in [6.45, 7) is 1.90. The Labute approximate surface area is 101 Å². The second kappa shape index (κ2) is 4.54. The minimum atomic E-state index is -0.781. The third-order valence-electron chi connectivity index (χ3n) is 3.39. The van der Waals surface area contributed by atoms with Crippen molar-refractivity contribution in [3.05, 3.63) is 30.1 Å². The fourth-order valence-electron chi connectivity index (χ4n) is 1.97. The van der Waals surface area contributed by atoms with Gasteiger partial charge in [-0.05, 0) is 37.8 Å². The van der Waals surface area contributed by atoms with E-state index in [-0.39, 0.29) is 11.9 Å². The van der Waals surface area contributed by atoms with Crippen LogP contribution in [0, 0.1) is 16.7 Å². The average Bonchev–Trinajstić information content (AvgIpc) is 2.29. The number of carbonyl (C=O) groups excluding carboxylic acids is 1. The van der Waals surface area contributed by atoms with Crippen molar-refractivity contribution in [2.75, 3.05) is 0 Å². The summed E-state index contributed by atoms with van der Waals surface area (Å²) in [6.07, 6.45) is 5.73. The lowest BCUT2D eigenvalue weighted by atomic mass is 9.69. The van der Waals surface area contributed by atoms with Crippen LogP contribution in [0.5, 0.6) is 0 Å². The van der Waals surface area contributed by atoms with Gasteiger partial charge >= 0.3 is 0 Å². The minimum absolute atomic E-state index is 0.109. The standard InChI is InChI=1S/C13H15N3O/c1-10(11-4-2-7-15-8-11)16-12(17)13(9-14)5-3-6-13/h2,4,7-8,10H,3,5-6H2,1H3,(H,16,17). The van der Waals surface area contributed by atoms with Crippen LogP contribution >= 0.6 is 0 Å². The van der Waals surface area contributed by atoms with Crippen LogP contribution in [0.3, 0.4) is 0 Å². The minimum Gasteiger partial charge on any atom is -0.348 e. The molecular weight excluding hydrogens is 214 g/mol. The highest BCUT2D eigenvalue weighted by atomic mass is 16.2. The summed E-state index contributed by atoms with van der Waals surface area (Å²) in [5.41, 5.74) is 0.171. The van der Waals surface area contributed by atoms with E-state index in [9.17, 15) is 4.79 Å². The zero-order valence-corrected chi connectivity index (χ0v) is 9.81. The molecule has 0 saturated heterocycles. The number of nitrogens with one attached hydrogen (secondary N) is 1. The first-order valence-electron chi connectivity index (χ1n) is 5.80. The SMILES string of the molecule is CC(NC(=O)C1(C#N)CCC1)c1cccnc1. The number of carbonyl (C=O) groups is 1. The molecule has 1 aliphatic rings. The van der Waals surface area contributed by atoms with Gasteiger partial charge in [0.2, 0.25) is 5.91 Å². The largest absolute Gasteiger partial charge is 0.348 e. The predicted molar refractivity (Wildman–Crippen MR) is 62.7 cm³/mol. The maximum absolute atomic E-state index is 12.0. The number of rotatable bonds is 3. The fourth-order valence-corrected chi connectivity index (χ4v) is 1.97. The summed E-state index contributed by atoms with van der Waals surface area (Å²) in [6, 6.07) is 5.78. The topological polar surface area (TPSA) is 65.8 Å². The molecular formula is C13H15N3O. The highest BCUT2D eigenvalue weighted by molar-refractivity contribution is 5.86. The van der Waals surface area contributed by atoms with Crippen molar-refractivity contribution in [3.8, 4) is 6.07 Å². The van der Waals surface area contributed by atoms with E-state index in [0.717, 1.165) is 12.0 Å². The molecule has 17 heavy (non-hydrogen) atoms. The van der Waals surface area contributed by atoms with Crippen LogP contribution in [0.2, 0.25) is 0 Å². The molecule has 2 rings (SSSR count). The number of hydrogen-bond acceptors (Lipinski definition) is 3. The van der Waals surface area contributed by atoms with Gasteiger partial charge in [0.05, 0.1) is 12.1 Å². The molecule has 1 amide bonds. The lowest BCUT2D eigenvalue weighted by Crippen LogP contribution is -2.45. The van der Waals surface area contributed by atoms with Crippen molar-refractivity contribution >= 4 is 5.91 Å². The summed E-state index contributed by atoms with van der Waals surface area (Å²) in [4.78, 5) is 16.0. The van der Waals surface area contributed by atoms with E-state index in [1.165, 1.54) is 0 Å². The lowest BCUT2D eigenvalue weighted by Gasteiger charge is -2.34. The van der Waals surface area contributed by atoms with E-state index < -0.39 is 5.41 Å². The van der Waals surface area contributed by atoms with Crippen molar-refractivity contribution in [1.82, 2.24) is 10.3 Å². The molecule has 1 atom stereocenters. The lowest BCUT2D eigenvalue weighted by molar-refractivity contribution is -0.132. The van der Waals surface area contributed by atoms with Gasteiger partial charge in [-0.3, -0.25) is 9.78 Å². The van der Waals surface area contributed by atoms with E-state index in [2.05, 4.69) is 16.4 Å². The van der Waals surface area contributed by atoms with Crippen molar-refractivity contribution in [2.24, 2.45) is 5.41 Å². The Bertz CT molecular complexity index is 445. The van der Waals surface area contributed by atoms with Gasteiger partial charge in [-0.25, -0.2) is 0 Å². The van der Waals surface area contributed by atoms with E-state index >= 15 is 0 Å². The molecule has 0 aliphatic heterocycles. The number of nitrogens with zero attached hydrogens (tertiary/aromatic N) is 2. The highest BCUT2D eigenvalue weighted by Gasteiger charge is 2.44. The Kier molecular flexibility index (Phi) is 3.10. The van der Waals surface area contributed by atoms with Crippen LogP contribution in [-0.4, -0.2) is 10.9 Å². The Morgan fingerprint density at radius 2 is 2.41 bits per heavy atom. The van der Waals surface area contributed by atoms with Crippen LogP contribution in [0.25, 0.3) is 0 Å². The Morgan fingerprint density at radius 1 is 1.65 bits per heavy atom. The number of amides is 1. The summed E-state index contributed by atoms with van der Waals surface area (Å²) in [7, 11) is 0. The summed E-state index contributed by atoms with van der Waals surface area (Å²) in [5.74, 6) is -0.150. The van der Waals surface area contributed by atoms with Crippen LogP contribution in [-0.2, 0) is 4.79 Å². The third kappa shape index (κ3) is 2.14. The molecule has 1 heterocycles. The molecule has 1 aromatic heterocycles. The van der Waals surface area contributed by atoms with Crippen molar-refractivity contribution in [1.29, 1.82) is 5.26 Å². The quantitative estimate of drug-likeness (QED) is 0.861. The zero-order valence-electron chi connectivity index (χ0n) is 9.81. The van der Waals surface area contributed by atoms with E-state index in [1.54, 1.807) is 12.4 Å². The molecule has 0 aromatic carbocycles. The average molecular weight is 229 g/mol. The second-order valence-corrected chi connectivity index (χ2v) is 4.53. The number of aromatic nitrogens is 1. The molecule has 1 saturated carbocycles. The molecule has 4 nitrogen and oxygen atoms in total. The van der Waals surface area contributed by atoms with Gasteiger partial charge in [0.25, 0.3) is 0 Å². The van der Waals surface area contributed by atoms with Crippen LogP contribution in [0.4, 0.5) is 0 Å².